The van der Waals surface area contributed by atoms with Crippen molar-refractivity contribution in [3.05, 3.63) is 0 Å². The Bertz CT molecular complexity index is 227. The summed E-state index contributed by atoms with van der Waals surface area (Å²) in [6.07, 6.45) is 5.25. The number of amides is 1. The first-order valence-electron chi connectivity index (χ1n) is 5.97. The van der Waals surface area contributed by atoms with Crippen molar-refractivity contribution in [3.63, 3.8) is 0 Å². The lowest BCUT2D eigenvalue weighted by Crippen LogP contribution is -2.50. The first-order valence-corrected chi connectivity index (χ1v) is 5.97. The van der Waals surface area contributed by atoms with Gasteiger partial charge in [0, 0.05) is 6.54 Å². The summed E-state index contributed by atoms with van der Waals surface area (Å²) in [6, 6.07) is 0.0760. The highest BCUT2D eigenvalue weighted by Gasteiger charge is 2.32. The molecule has 2 aliphatic heterocycles. The van der Waals surface area contributed by atoms with Crippen LogP contribution in [0.2, 0.25) is 0 Å². The third-order valence-corrected chi connectivity index (χ3v) is 3.48. The van der Waals surface area contributed by atoms with Gasteiger partial charge in [-0.1, -0.05) is 6.42 Å². The molecule has 0 bridgehead atoms. The number of piperidine rings is 1. The average Bonchev–Trinajstić information content (AvgIpc) is 2.77. The van der Waals surface area contributed by atoms with Crippen LogP contribution in [0.5, 0.6) is 0 Å². The van der Waals surface area contributed by atoms with Crippen molar-refractivity contribution in [2.75, 3.05) is 19.7 Å². The molecule has 86 valence electrons. The lowest BCUT2D eigenvalue weighted by molar-refractivity contribution is -0.135. The Balaban J connectivity index is 1.93. The number of nitrogens with zero attached hydrogens (tertiary/aromatic N) is 1. The quantitative estimate of drug-likeness (QED) is 0.683. The third-order valence-electron chi connectivity index (χ3n) is 3.48. The molecule has 0 aromatic heterocycles. The van der Waals surface area contributed by atoms with Crippen molar-refractivity contribution in [1.29, 1.82) is 0 Å². The van der Waals surface area contributed by atoms with Crippen molar-refractivity contribution in [1.82, 2.24) is 10.2 Å². The predicted molar refractivity (Wildman–Crippen MR) is 57.5 cm³/mol. The standard InChI is InChI=1S/C11H20N2O2/c14-8-9-4-3-7-13(9)11(15)10-5-1-2-6-12-10/h9-10,12,14H,1-8H2/t9-,10+/m1/s1. The molecule has 15 heavy (non-hydrogen) atoms. The SMILES string of the molecule is O=C([C@@H]1CCCCN1)N1CCC[C@@H]1CO. The lowest BCUT2D eigenvalue weighted by Gasteiger charge is -2.30. The fourth-order valence-electron chi connectivity index (χ4n) is 2.58. The van der Waals surface area contributed by atoms with Crippen LogP contribution in [0.4, 0.5) is 0 Å². The molecule has 2 rings (SSSR count). The Kier molecular flexibility index (Phi) is 3.59. The van der Waals surface area contributed by atoms with Crippen LogP contribution in [0.15, 0.2) is 0 Å². The van der Waals surface area contributed by atoms with E-state index >= 15 is 0 Å². The maximum atomic E-state index is 12.1. The van der Waals surface area contributed by atoms with E-state index in [9.17, 15) is 4.79 Å². The molecule has 0 unspecified atom stereocenters. The largest absolute Gasteiger partial charge is 0.394 e. The van der Waals surface area contributed by atoms with Crippen LogP contribution < -0.4 is 5.32 Å². The molecule has 0 aromatic carbocycles. The van der Waals surface area contributed by atoms with E-state index in [-0.39, 0.29) is 24.6 Å². The Morgan fingerprint density at radius 1 is 1.33 bits per heavy atom. The van der Waals surface area contributed by atoms with E-state index < -0.39 is 0 Å². The maximum absolute atomic E-state index is 12.1. The molecule has 4 heteroatoms. The number of hydrogen-bond acceptors (Lipinski definition) is 3. The van der Waals surface area contributed by atoms with Crippen LogP contribution in [0.1, 0.15) is 32.1 Å². The van der Waals surface area contributed by atoms with Gasteiger partial charge in [0.15, 0.2) is 0 Å². The third kappa shape index (κ3) is 2.32. The zero-order valence-electron chi connectivity index (χ0n) is 9.11. The van der Waals surface area contributed by atoms with E-state index in [1.165, 1.54) is 6.42 Å². The van der Waals surface area contributed by atoms with E-state index in [1.807, 2.05) is 4.90 Å². The second-order valence-corrected chi connectivity index (χ2v) is 4.51. The number of aliphatic hydroxyl groups excluding tert-OH is 1. The molecular formula is C11H20N2O2. The molecule has 2 saturated heterocycles. The predicted octanol–water partition coefficient (Wildman–Crippen LogP) is 0.112. The Labute approximate surface area is 90.6 Å². The van der Waals surface area contributed by atoms with Crippen molar-refractivity contribution in [2.45, 2.75) is 44.2 Å². The van der Waals surface area contributed by atoms with Gasteiger partial charge in [-0.15, -0.1) is 0 Å². The van der Waals surface area contributed by atoms with Crippen LogP contribution >= 0.6 is 0 Å². The summed E-state index contributed by atoms with van der Waals surface area (Å²) in [7, 11) is 0. The number of aliphatic hydroxyl groups is 1. The number of likely N-dealkylation sites (tertiary alicyclic amines) is 1. The summed E-state index contributed by atoms with van der Waals surface area (Å²) in [5.74, 6) is 0.200. The number of carbonyl (C=O) groups is 1. The highest BCUT2D eigenvalue weighted by atomic mass is 16.3. The summed E-state index contributed by atoms with van der Waals surface area (Å²) in [6.45, 7) is 1.88. The Morgan fingerprint density at radius 3 is 2.87 bits per heavy atom. The van der Waals surface area contributed by atoms with Crippen molar-refractivity contribution < 1.29 is 9.90 Å². The fourth-order valence-corrected chi connectivity index (χ4v) is 2.58. The van der Waals surface area contributed by atoms with Crippen LogP contribution in [-0.2, 0) is 4.79 Å². The molecule has 0 radical (unpaired) electrons. The smallest absolute Gasteiger partial charge is 0.240 e. The van der Waals surface area contributed by atoms with Gasteiger partial charge in [-0.25, -0.2) is 0 Å². The van der Waals surface area contributed by atoms with Gasteiger partial charge in [-0.2, -0.15) is 0 Å². The lowest BCUT2D eigenvalue weighted by atomic mass is 10.0. The molecule has 2 fully saturated rings. The van der Waals surface area contributed by atoms with Gasteiger partial charge in [0.2, 0.25) is 5.91 Å². The first-order chi connectivity index (χ1) is 7.33. The summed E-state index contributed by atoms with van der Waals surface area (Å²) in [5.41, 5.74) is 0. The molecule has 2 atom stereocenters. The summed E-state index contributed by atoms with van der Waals surface area (Å²) < 4.78 is 0. The van der Waals surface area contributed by atoms with E-state index in [1.54, 1.807) is 0 Å². The minimum absolute atomic E-state index is 0.00546. The fraction of sp³-hybridized carbons (Fsp3) is 0.909. The summed E-state index contributed by atoms with van der Waals surface area (Å²) in [4.78, 5) is 14.0. The maximum Gasteiger partial charge on any atom is 0.240 e. The van der Waals surface area contributed by atoms with Crippen LogP contribution in [0.3, 0.4) is 0 Å². The van der Waals surface area contributed by atoms with Gasteiger partial charge in [0.05, 0.1) is 18.7 Å². The van der Waals surface area contributed by atoms with Gasteiger partial charge in [-0.3, -0.25) is 4.79 Å². The summed E-state index contributed by atoms with van der Waals surface area (Å²) >= 11 is 0. The molecule has 0 saturated carbocycles. The zero-order chi connectivity index (χ0) is 10.7. The minimum Gasteiger partial charge on any atom is -0.394 e. The van der Waals surface area contributed by atoms with Gasteiger partial charge >= 0.3 is 0 Å². The Hall–Kier alpha value is -0.610. The van der Waals surface area contributed by atoms with Gasteiger partial charge in [-0.05, 0) is 32.2 Å². The van der Waals surface area contributed by atoms with E-state index in [0.717, 1.165) is 38.8 Å². The molecule has 4 nitrogen and oxygen atoms in total. The highest BCUT2D eigenvalue weighted by molar-refractivity contribution is 5.82. The molecule has 0 aromatic rings. The molecule has 0 aliphatic carbocycles. The Morgan fingerprint density at radius 2 is 2.20 bits per heavy atom. The molecule has 1 amide bonds. The van der Waals surface area contributed by atoms with Crippen LogP contribution in [0, 0.1) is 0 Å². The molecule has 2 N–H and O–H groups in total. The van der Waals surface area contributed by atoms with Crippen LogP contribution in [0.25, 0.3) is 0 Å². The molecule has 2 heterocycles. The van der Waals surface area contributed by atoms with E-state index in [2.05, 4.69) is 5.32 Å². The van der Waals surface area contributed by atoms with Crippen LogP contribution in [-0.4, -0.2) is 47.7 Å². The zero-order valence-corrected chi connectivity index (χ0v) is 9.11. The second-order valence-electron chi connectivity index (χ2n) is 4.51. The highest BCUT2D eigenvalue weighted by Crippen LogP contribution is 2.19. The monoisotopic (exact) mass is 212 g/mol. The number of carbonyl (C=O) groups excluding carboxylic acids is 1. The van der Waals surface area contributed by atoms with Crippen molar-refractivity contribution in [3.8, 4) is 0 Å². The van der Waals surface area contributed by atoms with Gasteiger partial charge in [0.25, 0.3) is 0 Å². The first kappa shape index (κ1) is 10.9. The summed E-state index contributed by atoms with van der Waals surface area (Å²) in [5, 5.41) is 12.4. The minimum atomic E-state index is 0.00546. The van der Waals surface area contributed by atoms with Gasteiger partial charge < -0.3 is 15.3 Å². The average molecular weight is 212 g/mol. The van der Waals surface area contributed by atoms with Crippen molar-refractivity contribution in [2.24, 2.45) is 0 Å². The number of rotatable bonds is 2. The number of nitrogens with one attached hydrogen (secondary N) is 1. The topological polar surface area (TPSA) is 52.6 Å². The van der Waals surface area contributed by atoms with E-state index in [4.69, 9.17) is 5.11 Å². The van der Waals surface area contributed by atoms with Crippen molar-refractivity contribution >= 4 is 5.91 Å². The number of hydrogen-bond donors (Lipinski definition) is 2. The normalized spacial score (nSPS) is 31.9. The molecule has 0 spiro atoms. The molecular weight excluding hydrogens is 192 g/mol. The second kappa shape index (κ2) is 4.94. The van der Waals surface area contributed by atoms with Gasteiger partial charge in [0.1, 0.15) is 0 Å². The molecule has 2 aliphatic rings. The van der Waals surface area contributed by atoms with E-state index in [0.29, 0.717) is 0 Å².